The van der Waals surface area contributed by atoms with E-state index in [1.165, 1.54) is 6.07 Å². The van der Waals surface area contributed by atoms with E-state index in [1.54, 1.807) is 42.5 Å². The second-order valence-corrected chi connectivity index (χ2v) is 8.35. The first kappa shape index (κ1) is 21.9. The minimum atomic E-state index is -0.382. The Morgan fingerprint density at radius 2 is 2.09 bits per heavy atom. The maximum atomic E-state index is 14.1. The van der Waals surface area contributed by atoms with E-state index in [0.29, 0.717) is 35.8 Å². The van der Waals surface area contributed by atoms with Gasteiger partial charge in [-0.05, 0) is 55.2 Å². The summed E-state index contributed by atoms with van der Waals surface area (Å²) >= 11 is 0. The number of nitrogens with zero attached hydrogens (tertiary/aromatic N) is 3. The lowest BCUT2D eigenvalue weighted by Crippen LogP contribution is -2.38. The minimum absolute atomic E-state index is 0.202. The standard InChI is InChI=1S/C26H25FN4O3/c1-33-18-8-6-7-17(13-18)14-19-16-28-25(34-19)24-11-4-5-12-31(24)26(32)23-15-22(29-30-23)20-9-2-3-10-21(20)27/h2-3,6-10,13,15-16,24H,4-5,11-12,14H2,1H3,(H,29,30). The highest BCUT2D eigenvalue weighted by Gasteiger charge is 2.33. The summed E-state index contributed by atoms with van der Waals surface area (Å²) < 4.78 is 25.5. The molecule has 34 heavy (non-hydrogen) atoms. The van der Waals surface area contributed by atoms with Crippen LogP contribution in [0.5, 0.6) is 5.75 Å². The Balaban J connectivity index is 1.35. The molecular weight excluding hydrogens is 435 g/mol. The molecule has 4 aromatic rings. The summed E-state index contributed by atoms with van der Waals surface area (Å²) in [5, 5.41) is 6.94. The van der Waals surface area contributed by atoms with Gasteiger partial charge in [-0.15, -0.1) is 0 Å². The van der Waals surface area contributed by atoms with Gasteiger partial charge < -0.3 is 14.1 Å². The Morgan fingerprint density at radius 1 is 1.21 bits per heavy atom. The number of likely N-dealkylation sites (tertiary alicyclic amines) is 1. The summed E-state index contributed by atoms with van der Waals surface area (Å²) in [5.74, 6) is 1.46. The largest absolute Gasteiger partial charge is 0.497 e. The number of aromatic nitrogens is 3. The average molecular weight is 461 g/mol. The number of hydrogen-bond donors (Lipinski definition) is 1. The topological polar surface area (TPSA) is 84.2 Å². The quantitative estimate of drug-likeness (QED) is 0.429. The zero-order valence-electron chi connectivity index (χ0n) is 18.8. The lowest BCUT2D eigenvalue weighted by Gasteiger charge is -2.33. The lowest BCUT2D eigenvalue weighted by atomic mass is 10.0. The smallest absolute Gasteiger partial charge is 0.272 e. The summed E-state index contributed by atoms with van der Waals surface area (Å²) in [6, 6.07) is 15.5. The molecule has 7 nitrogen and oxygen atoms in total. The van der Waals surface area contributed by atoms with Gasteiger partial charge in [-0.1, -0.05) is 24.3 Å². The van der Waals surface area contributed by atoms with E-state index in [1.807, 2.05) is 24.3 Å². The van der Waals surface area contributed by atoms with Crippen LogP contribution in [0, 0.1) is 5.82 Å². The Hall–Kier alpha value is -3.94. The number of carbonyl (C=O) groups is 1. The first-order chi connectivity index (χ1) is 16.6. The summed E-state index contributed by atoms with van der Waals surface area (Å²) in [6.45, 7) is 0.588. The van der Waals surface area contributed by atoms with E-state index in [-0.39, 0.29) is 17.8 Å². The number of hydrogen-bond acceptors (Lipinski definition) is 5. The van der Waals surface area contributed by atoms with Gasteiger partial charge in [0.05, 0.1) is 19.0 Å². The van der Waals surface area contributed by atoms with Crippen LogP contribution < -0.4 is 4.74 Å². The van der Waals surface area contributed by atoms with Gasteiger partial charge in [-0.25, -0.2) is 9.37 Å². The van der Waals surface area contributed by atoms with Crippen molar-refractivity contribution in [2.45, 2.75) is 31.7 Å². The number of H-pyrrole nitrogens is 1. The van der Waals surface area contributed by atoms with E-state index in [9.17, 15) is 9.18 Å². The Morgan fingerprint density at radius 3 is 2.94 bits per heavy atom. The van der Waals surface area contributed by atoms with Gasteiger partial charge >= 0.3 is 0 Å². The first-order valence-corrected chi connectivity index (χ1v) is 11.3. The van der Waals surface area contributed by atoms with Gasteiger partial charge in [0.1, 0.15) is 29.1 Å². The zero-order valence-corrected chi connectivity index (χ0v) is 18.8. The number of nitrogens with one attached hydrogen (secondary N) is 1. The van der Waals surface area contributed by atoms with Crippen molar-refractivity contribution in [2.24, 2.45) is 0 Å². The van der Waals surface area contributed by atoms with Gasteiger partial charge in [0, 0.05) is 18.5 Å². The summed E-state index contributed by atoms with van der Waals surface area (Å²) in [6.07, 6.45) is 4.94. The Labute approximate surface area is 196 Å². The minimum Gasteiger partial charge on any atom is -0.497 e. The van der Waals surface area contributed by atoms with Crippen molar-refractivity contribution in [3.05, 3.63) is 89.5 Å². The molecule has 0 bridgehead atoms. The number of aromatic amines is 1. The van der Waals surface area contributed by atoms with E-state index in [4.69, 9.17) is 9.15 Å². The zero-order chi connectivity index (χ0) is 23.5. The van der Waals surface area contributed by atoms with Crippen molar-refractivity contribution in [2.75, 3.05) is 13.7 Å². The van der Waals surface area contributed by atoms with Crippen LogP contribution in [0.1, 0.15) is 53.0 Å². The van der Waals surface area contributed by atoms with Crippen LogP contribution in [-0.4, -0.2) is 39.6 Å². The molecule has 1 aliphatic rings. The number of halogens is 1. The number of benzene rings is 2. The van der Waals surface area contributed by atoms with Crippen LogP contribution >= 0.6 is 0 Å². The molecular formula is C26H25FN4O3. The van der Waals surface area contributed by atoms with E-state index < -0.39 is 0 Å². The van der Waals surface area contributed by atoms with Crippen molar-refractivity contribution in [1.29, 1.82) is 0 Å². The predicted octanol–water partition coefficient (Wildman–Crippen LogP) is 5.17. The van der Waals surface area contributed by atoms with Gasteiger partial charge in [-0.2, -0.15) is 5.10 Å². The third-order valence-corrected chi connectivity index (χ3v) is 6.09. The monoisotopic (exact) mass is 460 g/mol. The van der Waals surface area contributed by atoms with Crippen molar-refractivity contribution < 1.29 is 18.3 Å². The molecule has 1 saturated heterocycles. The molecule has 3 heterocycles. The van der Waals surface area contributed by atoms with Crippen molar-refractivity contribution in [3.8, 4) is 17.0 Å². The molecule has 0 aliphatic carbocycles. The molecule has 0 radical (unpaired) electrons. The molecule has 1 amide bonds. The summed E-state index contributed by atoms with van der Waals surface area (Å²) in [4.78, 5) is 19.6. The number of ether oxygens (including phenoxy) is 1. The molecule has 8 heteroatoms. The van der Waals surface area contributed by atoms with Gasteiger partial charge in [0.2, 0.25) is 5.89 Å². The average Bonchev–Trinajstić information content (AvgIpc) is 3.54. The molecule has 1 fully saturated rings. The summed E-state index contributed by atoms with van der Waals surface area (Å²) in [5.41, 5.74) is 2.11. The normalized spacial score (nSPS) is 15.9. The number of amides is 1. The number of oxazole rings is 1. The molecule has 2 aromatic heterocycles. The first-order valence-electron chi connectivity index (χ1n) is 11.3. The number of piperidine rings is 1. The van der Waals surface area contributed by atoms with Crippen LogP contribution in [0.2, 0.25) is 0 Å². The molecule has 1 N–H and O–H groups in total. The highest BCUT2D eigenvalue weighted by atomic mass is 19.1. The van der Waals surface area contributed by atoms with Gasteiger partial charge in [-0.3, -0.25) is 9.89 Å². The molecule has 1 aliphatic heterocycles. The molecule has 174 valence electrons. The van der Waals surface area contributed by atoms with Crippen molar-refractivity contribution in [1.82, 2.24) is 20.1 Å². The van der Waals surface area contributed by atoms with E-state index >= 15 is 0 Å². The SMILES string of the molecule is COc1cccc(Cc2cnc(C3CCCCN3C(=O)c3cc(-c4ccccc4F)n[nH]3)o2)c1. The van der Waals surface area contributed by atoms with Crippen LogP contribution in [0.4, 0.5) is 4.39 Å². The molecule has 0 saturated carbocycles. The van der Waals surface area contributed by atoms with E-state index in [2.05, 4.69) is 15.2 Å². The Bertz CT molecular complexity index is 1300. The molecule has 2 aromatic carbocycles. The van der Waals surface area contributed by atoms with Gasteiger partial charge in [0.25, 0.3) is 5.91 Å². The maximum Gasteiger partial charge on any atom is 0.272 e. The van der Waals surface area contributed by atoms with Gasteiger partial charge in [0.15, 0.2) is 0 Å². The molecule has 5 rings (SSSR count). The number of methoxy groups -OCH3 is 1. The highest BCUT2D eigenvalue weighted by molar-refractivity contribution is 5.93. The van der Waals surface area contributed by atoms with Crippen LogP contribution in [0.3, 0.4) is 0 Å². The van der Waals surface area contributed by atoms with Crippen molar-refractivity contribution in [3.63, 3.8) is 0 Å². The maximum absolute atomic E-state index is 14.1. The Kier molecular flexibility index (Phi) is 6.12. The van der Waals surface area contributed by atoms with Crippen LogP contribution in [-0.2, 0) is 6.42 Å². The molecule has 0 spiro atoms. The summed E-state index contributed by atoms with van der Waals surface area (Å²) in [7, 11) is 1.64. The second kappa shape index (κ2) is 9.51. The number of rotatable bonds is 6. The van der Waals surface area contributed by atoms with Crippen LogP contribution in [0.15, 0.2) is 65.2 Å². The number of carbonyl (C=O) groups excluding carboxylic acids is 1. The van der Waals surface area contributed by atoms with E-state index in [0.717, 1.165) is 36.3 Å². The fourth-order valence-electron chi connectivity index (χ4n) is 4.37. The molecule has 1 atom stereocenters. The molecule has 1 unspecified atom stereocenters. The fourth-order valence-corrected chi connectivity index (χ4v) is 4.37. The fraction of sp³-hybridized carbons (Fsp3) is 0.269. The lowest BCUT2D eigenvalue weighted by molar-refractivity contribution is 0.0564. The highest BCUT2D eigenvalue weighted by Crippen LogP contribution is 2.33. The van der Waals surface area contributed by atoms with Crippen molar-refractivity contribution >= 4 is 5.91 Å². The predicted molar refractivity (Wildman–Crippen MR) is 124 cm³/mol. The third-order valence-electron chi connectivity index (χ3n) is 6.09. The van der Waals surface area contributed by atoms with Crippen LogP contribution in [0.25, 0.3) is 11.3 Å². The third kappa shape index (κ3) is 4.44. The second-order valence-electron chi connectivity index (χ2n) is 8.35.